The predicted molar refractivity (Wildman–Crippen MR) is 90.0 cm³/mol. The first kappa shape index (κ1) is 14.3. The molecule has 0 saturated heterocycles. The molecule has 0 atom stereocenters. The third kappa shape index (κ3) is 2.72. The van der Waals surface area contributed by atoms with Gasteiger partial charge in [-0.2, -0.15) is 5.10 Å². The Kier molecular flexibility index (Phi) is 3.58. The highest BCUT2D eigenvalue weighted by Crippen LogP contribution is 2.22. The highest BCUT2D eigenvalue weighted by Gasteiger charge is 2.20. The number of fused-ring (bicyclic) bond motifs is 2. The number of aromatic nitrogens is 4. The molecule has 1 aliphatic rings. The quantitative estimate of drug-likeness (QED) is 0.808. The molecule has 0 radical (unpaired) electrons. The minimum Gasteiger partial charge on any atom is -0.293 e. The van der Waals surface area contributed by atoms with Crippen molar-refractivity contribution in [3.8, 4) is 0 Å². The van der Waals surface area contributed by atoms with Gasteiger partial charge in [0.1, 0.15) is 5.82 Å². The molecule has 0 amide bonds. The van der Waals surface area contributed by atoms with Crippen molar-refractivity contribution in [1.82, 2.24) is 25.1 Å². The number of rotatable bonds is 3. The summed E-state index contributed by atoms with van der Waals surface area (Å²) in [7, 11) is 0. The second kappa shape index (κ2) is 5.74. The fraction of sp³-hybridized carbons (Fsp3) is 0.389. The van der Waals surface area contributed by atoms with Crippen molar-refractivity contribution in [2.45, 2.75) is 39.3 Å². The van der Waals surface area contributed by atoms with Crippen molar-refractivity contribution in [2.75, 3.05) is 6.54 Å². The second-order valence-electron chi connectivity index (χ2n) is 6.53. The highest BCUT2D eigenvalue weighted by atomic mass is 15.2. The smallest absolute Gasteiger partial charge is 0.131 e. The van der Waals surface area contributed by atoms with Gasteiger partial charge in [-0.05, 0) is 6.07 Å². The van der Waals surface area contributed by atoms with Crippen LogP contribution in [0.25, 0.3) is 10.9 Å². The SMILES string of the molecule is CC(C)c1ncc2c(n1)CCN(Cc1[nH]nc3ccccc13)C2. The molecular weight excluding hydrogens is 286 g/mol. The second-order valence-corrected chi connectivity index (χ2v) is 6.53. The molecule has 0 bridgehead atoms. The number of nitrogens with zero attached hydrogens (tertiary/aromatic N) is 4. The summed E-state index contributed by atoms with van der Waals surface area (Å²) in [6, 6.07) is 8.26. The Hall–Kier alpha value is -2.27. The van der Waals surface area contributed by atoms with E-state index in [0.717, 1.165) is 37.4 Å². The summed E-state index contributed by atoms with van der Waals surface area (Å²) in [4.78, 5) is 11.7. The van der Waals surface area contributed by atoms with E-state index in [1.54, 1.807) is 0 Å². The number of aromatic amines is 1. The van der Waals surface area contributed by atoms with Crippen molar-refractivity contribution < 1.29 is 0 Å². The van der Waals surface area contributed by atoms with Crippen LogP contribution in [0.4, 0.5) is 0 Å². The van der Waals surface area contributed by atoms with E-state index in [1.165, 1.54) is 22.3 Å². The molecule has 1 N–H and O–H groups in total. The van der Waals surface area contributed by atoms with Crippen LogP contribution in [-0.4, -0.2) is 31.6 Å². The largest absolute Gasteiger partial charge is 0.293 e. The first-order chi connectivity index (χ1) is 11.2. The molecule has 0 aliphatic carbocycles. The Morgan fingerprint density at radius 1 is 1.26 bits per heavy atom. The van der Waals surface area contributed by atoms with Crippen LogP contribution >= 0.6 is 0 Å². The monoisotopic (exact) mass is 307 g/mol. The maximum atomic E-state index is 4.74. The lowest BCUT2D eigenvalue weighted by Crippen LogP contribution is -2.31. The normalized spacial score (nSPS) is 15.3. The molecule has 3 aromatic rings. The van der Waals surface area contributed by atoms with Gasteiger partial charge in [-0.15, -0.1) is 0 Å². The number of hydrogen-bond donors (Lipinski definition) is 1. The van der Waals surface area contributed by atoms with E-state index in [4.69, 9.17) is 4.98 Å². The van der Waals surface area contributed by atoms with Gasteiger partial charge in [0.2, 0.25) is 0 Å². The van der Waals surface area contributed by atoms with E-state index >= 15 is 0 Å². The topological polar surface area (TPSA) is 57.7 Å². The first-order valence-electron chi connectivity index (χ1n) is 8.19. The molecule has 0 saturated carbocycles. The number of para-hydroxylation sites is 1. The van der Waals surface area contributed by atoms with Gasteiger partial charge in [-0.1, -0.05) is 32.0 Å². The Labute approximate surface area is 135 Å². The molecule has 2 aromatic heterocycles. The van der Waals surface area contributed by atoms with Crippen molar-refractivity contribution in [2.24, 2.45) is 0 Å². The van der Waals surface area contributed by atoms with E-state index in [1.807, 2.05) is 18.3 Å². The molecule has 3 heterocycles. The van der Waals surface area contributed by atoms with Crippen LogP contribution in [0.2, 0.25) is 0 Å². The van der Waals surface area contributed by atoms with E-state index < -0.39 is 0 Å². The van der Waals surface area contributed by atoms with Crippen LogP contribution in [0.3, 0.4) is 0 Å². The maximum Gasteiger partial charge on any atom is 0.131 e. The molecule has 5 nitrogen and oxygen atoms in total. The van der Waals surface area contributed by atoms with Crippen molar-refractivity contribution in [3.05, 3.63) is 53.2 Å². The maximum absolute atomic E-state index is 4.74. The molecule has 4 rings (SSSR count). The zero-order valence-electron chi connectivity index (χ0n) is 13.6. The summed E-state index contributed by atoms with van der Waals surface area (Å²) in [5.41, 5.74) is 4.69. The van der Waals surface area contributed by atoms with Crippen LogP contribution in [0.5, 0.6) is 0 Å². The first-order valence-corrected chi connectivity index (χ1v) is 8.19. The summed E-state index contributed by atoms with van der Waals surface area (Å²) < 4.78 is 0. The zero-order valence-corrected chi connectivity index (χ0v) is 13.6. The predicted octanol–water partition coefficient (Wildman–Crippen LogP) is 3.03. The molecule has 0 spiro atoms. The van der Waals surface area contributed by atoms with Crippen LogP contribution in [-0.2, 0) is 19.5 Å². The summed E-state index contributed by atoms with van der Waals surface area (Å²) >= 11 is 0. The molecule has 0 unspecified atom stereocenters. The zero-order chi connectivity index (χ0) is 15.8. The third-order valence-electron chi connectivity index (χ3n) is 4.47. The lowest BCUT2D eigenvalue weighted by molar-refractivity contribution is 0.240. The van der Waals surface area contributed by atoms with Crippen LogP contribution in [0.15, 0.2) is 30.5 Å². The van der Waals surface area contributed by atoms with E-state index in [2.05, 4.69) is 46.1 Å². The lowest BCUT2D eigenvalue weighted by atomic mass is 10.1. The van der Waals surface area contributed by atoms with Crippen LogP contribution in [0.1, 0.15) is 42.5 Å². The van der Waals surface area contributed by atoms with Gasteiger partial charge in [0.15, 0.2) is 0 Å². The summed E-state index contributed by atoms with van der Waals surface area (Å²) in [6.45, 7) is 7.09. The van der Waals surface area contributed by atoms with Crippen molar-refractivity contribution >= 4 is 10.9 Å². The molecule has 1 aliphatic heterocycles. The number of benzene rings is 1. The van der Waals surface area contributed by atoms with Gasteiger partial charge in [0, 0.05) is 54.8 Å². The number of H-pyrrole nitrogens is 1. The summed E-state index contributed by atoms with van der Waals surface area (Å²) in [5, 5.41) is 8.78. The molecular formula is C18H21N5. The molecule has 1 aromatic carbocycles. The molecule has 5 heteroatoms. The van der Waals surface area contributed by atoms with Gasteiger partial charge < -0.3 is 0 Å². The van der Waals surface area contributed by atoms with E-state index in [0.29, 0.717) is 5.92 Å². The fourth-order valence-electron chi connectivity index (χ4n) is 3.16. The van der Waals surface area contributed by atoms with Gasteiger partial charge in [-0.3, -0.25) is 10.00 Å². The highest BCUT2D eigenvalue weighted by molar-refractivity contribution is 5.81. The Balaban J connectivity index is 1.54. The molecule has 0 fully saturated rings. The average Bonchev–Trinajstić information content (AvgIpc) is 2.97. The van der Waals surface area contributed by atoms with E-state index in [-0.39, 0.29) is 0 Å². The van der Waals surface area contributed by atoms with Crippen LogP contribution < -0.4 is 0 Å². The average molecular weight is 307 g/mol. The number of nitrogens with one attached hydrogen (secondary N) is 1. The van der Waals surface area contributed by atoms with Gasteiger partial charge >= 0.3 is 0 Å². The van der Waals surface area contributed by atoms with Gasteiger partial charge in [-0.25, -0.2) is 9.97 Å². The summed E-state index contributed by atoms with van der Waals surface area (Å²) in [6.07, 6.45) is 3.00. The van der Waals surface area contributed by atoms with Crippen LogP contribution in [0, 0.1) is 0 Å². The Morgan fingerprint density at radius 3 is 3.00 bits per heavy atom. The molecule has 23 heavy (non-hydrogen) atoms. The fourth-order valence-corrected chi connectivity index (χ4v) is 3.16. The standard InChI is InChI=1S/C18H21N5/c1-12(2)18-19-9-13-10-23(8-7-15(13)20-18)11-17-14-5-3-4-6-16(14)21-22-17/h3-6,9,12H,7-8,10-11H2,1-2H3,(H,21,22). The minimum atomic E-state index is 0.384. The van der Waals surface area contributed by atoms with Gasteiger partial charge in [0.05, 0.1) is 11.2 Å². The lowest BCUT2D eigenvalue weighted by Gasteiger charge is -2.27. The molecule has 118 valence electrons. The van der Waals surface area contributed by atoms with Gasteiger partial charge in [0.25, 0.3) is 0 Å². The van der Waals surface area contributed by atoms with Crippen molar-refractivity contribution in [1.29, 1.82) is 0 Å². The Bertz CT molecular complexity index is 836. The van der Waals surface area contributed by atoms with E-state index in [9.17, 15) is 0 Å². The summed E-state index contributed by atoms with van der Waals surface area (Å²) in [5.74, 6) is 1.34. The third-order valence-corrected chi connectivity index (χ3v) is 4.47. The minimum absolute atomic E-state index is 0.384. The Morgan fingerprint density at radius 2 is 2.13 bits per heavy atom. The van der Waals surface area contributed by atoms with Crippen molar-refractivity contribution in [3.63, 3.8) is 0 Å². The number of hydrogen-bond acceptors (Lipinski definition) is 4.